The van der Waals surface area contributed by atoms with Gasteiger partial charge in [0.25, 0.3) is 0 Å². The van der Waals surface area contributed by atoms with Crippen molar-refractivity contribution in [3.63, 3.8) is 0 Å². The van der Waals surface area contributed by atoms with E-state index in [9.17, 15) is 13.2 Å². The molecule has 0 N–H and O–H groups in total. The Morgan fingerprint density at radius 3 is 2.39 bits per heavy atom. The van der Waals surface area contributed by atoms with Gasteiger partial charge in [-0.2, -0.15) is 4.31 Å². The third-order valence-corrected chi connectivity index (χ3v) is 6.80. The summed E-state index contributed by atoms with van der Waals surface area (Å²) in [5.74, 6) is -0.485. The summed E-state index contributed by atoms with van der Waals surface area (Å²) in [6.45, 7) is 3.82. The van der Waals surface area contributed by atoms with Crippen LogP contribution >= 0.6 is 11.6 Å². The summed E-state index contributed by atoms with van der Waals surface area (Å²) in [5, 5.41) is 0.579. The lowest BCUT2D eigenvalue weighted by molar-refractivity contribution is -0.138. The van der Waals surface area contributed by atoms with Crippen LogP contribution in [-0.2, 0) is 19.6 Å². The molecule has 5 nitrogen and oxygen atoms in total. The SMILES string of the molecule is CCOC(=O)C1=CCC(c2ccc(Cl)cc2)N(S(=O)(=O)c2ccc(C)cc2)C1. The number of nitrogens with zero attached hydrogens (tertiary/aromatic N) is 1. The molecule has 0 saturated carbocycles. The number of aryl methyl sites for hydroxylation is 1. The van der Waals surface area contributed by atoms with Crippen LogP contribution in [0, 0.1) is 6.92 Å². The van der Waals surface area contributed by atoms with Crippen molar-refractivity contribution in [2.45, 2.75) is 31.2 Å². The van der Waals surface area contributed by atoms with Crippen molar-refractivity contribution >= 4 is 27.6 Å². The summed E-state index contributed by atoms with van der Waals surface area (Å²) in [7, 11) is -3.82. The van der Waals surface area contributed by atoms with Gasteiger partial charge in [-0.25, -0.2) is 13.2 Å². The number of sulfonamides is 1. The van der Waals surface area contributed by atoms with Crippen LogP contribution in [0.4, 0.5) is 0 Å². The predicted octanol–water partition coefficient (Wildman–Crippen LogP) is 4.27. The maximum atomic E-state index is 13.4. The topological polar surface area (TPSA) is 63.7 Å². The van der Waals surface area contributed by atoms with Gasteiger partial charge in [0, 0.05) is 17.1 Å². The summed E-state index contributed by atoms with van der Waals surface area (Å²) < 4.78 is 33.2. The number of esters is 1. The summed E-state index contributed by atoms with van der Waals surface area (Å²) in [4.78, 5) is 12.4. The first kappa shape index (κ1) is 20.6. The normalized spacial score (nSPS) is 17.8. The Morgan fingerprint density at radius 1 is 1.14 bits per heavy atom. The molecule has 1 aliphatic heterocycles. The second-order valence-corrected chi connectivity index (χ2v) is 8.94. The molecule has 0 saturated heterocycles. The predicted molar refractivity (Wildman–Crippen MR) is 109 cm³/mol. The number of rotatable bonds is 5. The molecule has 28 heavy (non-hydrogen) atoms. The van der Waals surface area contributed by atoms with Crippen LogP contribution in [0.5, 0.6) is 0 Å². The summed E-state index contributed by atoms with van der Waals surface area (Å²) in [5.41, 5.74) is 2.14. The molecule has 1 unspecified atom stereocenters. The fourth-order valence-electron chi connectivity index (χ4n) is 3.17. The number of ether oxygens (including phenoxy) is 1. The van der Waals surface area contributed by atoms with Crippen molar-refractivity contribution in [3.05, 3.63) is 76.3 Å². The van der Waals surface area contributed by atoms with E-state index < -0.39 is 22.0 Å². The summed E-state index contributed by atoms with van der Waals surface area (Å²) >= 11 is 5.98. The van der Waals surface area contributed by atoms with E-state index in [1.54, 1.807) is 49.4 Å². The molecule has 0 aromatic heterocycles. The summed E-state index contributed by atoms with van der Waals surface area (Å²) in [6.07, 6.45) is 2.14. The molecule has 1 heterocycles. The van der Waals surface area contributed by atoms with Crippen LogP contribution in [0.2, 0.25) is 5.02 Å². The molecule has 1 aliphatic rings. The van der Waals surface area contributed by atoms with E-state index in [-0.39, 0.29) is 18.0 Å². The van der Waals surface area contributed by atoms with Crippen LogP contribution in [0.25, 0.3) is 0 Å². The zero-order valence-electron chi connectivity index (χ0n) is 15.8. The lowest BCUT2D eigenvalue weighted by atomic mass is 9.98. The number of benzene rings is 2. The standard InChI is InChI=1S/C21H22ClNO4S/c1-3-27-21(24)17-8-13-20(16-6-9-18(22)10-7-16)23(14-17)28(25,26)19-11-4-15(2)5-12-19/h4-12,20H,3,13-14H2,1-2H3. The van der Waals surface area contributed by atoms with Crippen LogP contribution in [0.3, 0.4) is 0 Å². The van der Waals surface area contributed by atoms with Gasteiger partial charge < -0.3 is 4.74 Å². The highest BCUT2D eigenvalue weighted by Crippen LogP contribution is 2.35. The van der Waals surface area contributed by atoms with Crippen molar-refractivity contribution in [2.24, 2.45) is 0 Å². The van der Waals surface area contributed by atoms with E-state index in [4.69, 9.17) is 16.3 Å². The highest BCUT2D eigenvalue weighted by molar-refractivity contribution is 7.89. The molecule has 1 atom stereocenters. The van der Waals surface area contributed by atoms with Crippen molar-refractivity contribution in [1.82, 2.24) is 4.31 Å². The van der Waals surface area contributed by atoms with Crippen LogP contribution in [0.15, 0.2) is 65.1 Å². The number of halogens is 1. The third kappa shape index (κ3) is 4.29. The lowest BCUT2D eigenvalue weighted by Gasteiger charge is -2.34. The second kappa shape index (κ2) is 8.47. The van der Waals surface area contributed by atoms with Gasteiger partial charge in [-0.05, 0) is 50.1 Å². The molecule has 2 aromatic carbocycles. The monoisotopic (exact) mass is 419 g/mol. The number of carbonyl (C=O) groups excluding carboxylic acids is 1. The Hall–Kier alpha value is -2.15. The van der Waals surface area contributed by atoms with Gasteiger partial charge in [-0.1, -0.05) is 47.5 Å². The minimum absolute atomic E-state index is 0.0393. The molecule has 0 radical (unpaired) electrons. The highest BCUT2D eigenvalue weighted by atomic mass is 35.5. The molecule has 0 fully saturated rings. The molecule has 0 aliphatic carbocycles. The van der Waals surface area contributed by atoms with Gasteiger partial charge in [0.2, 0.25) is 10.0 Å². The smallest absolute Gasteiger partial charge is 0.335 e. The Labute approximate surface area is 170 Å². The Balaban J connectivity index is 2.03. The van der Waals surface area contributed by atoms with E-state index in [2.05, 4.69) is 0 Å². The molecule has 0 spiro atoms. The largest absolute Gasteiger partial charge is 0.463 e. The number of carbonyl (C=O) groups is 1. The minimum atomic E-state index is -3.82. The maximum Gasteiger partial charge on any atom is 0.335 e. The third-order valence-electron chi connectivity index (χ3n) is 4.68. The zero-order chi connectivity index (χ0) is 20.3. The van der Waals surface area contributed by atoms with Gasteiger partial charge in [0.1, 0.15) is 0 Å². The molecule has 2 aromatic rings. The van der Waals surface area contributed by atoms with Crippen molar-refractivity contribution in [3.8, 4) is 0 Å². The quantitative estimate of drug-likeness (QED) is 0.679. The molecular formula is C21H22ClNO4S. The van der Waals surface area contributed by atoms with Gasteiger partial charge in [0.15, 0.2) is 0 Å². The molecule has 0 amide bonds. The first-order valence-electron chi connectivity index (χ1n) is 9.03. The Bertz CT molecular complexity index is 982. The van der Waals surface area contributed by atoms with Crippen LogP contribution in [-0.4, -0.2) is 31.8 Å². The fourth-order valence-corrected chi connectivity index (χ4v) is 4.90. The zero-order valence-corrected chi connectivity index (χ0v) is 17.3. The van der Waals surface area contributed by atoms with E-state index in [1.165, 1.54) is 4.31 Å². The highest BCUT2D eigenvalue weighted by Gasteiger charge is 2.36. The van der Waals surface area contributed by atoms with Gasteiger partial charge in [-0.3, -0.25) is 0 Å². The average Bonchev–Trinajstić information content (AvgIpc) is 2.69. The van der Waals surface area contributed by atoms with E-state index in [0.717, 1.165) is 11.1 Å². The lowest BCUT2D eigenvalue weighted by Crippen LogP contribution is -2.40. The van der Waals surface area contributed by atoms with Crippen molar-refractivity contribution < 1.29 is 17.9 Å². The molecule has 7 heteroatoms. The fraction of sp³-hybridized carbons (Fsp3) is 0.286. The second-order valence-electron chi connectivity index (χ2n) is 6.62. The van der Waals surface area contributed by atoms with Gasteiger partial charge in [-0.15, -0.1) is 0 Å². The first-order valence-corrected chi connectivity index (χ1v) is 10.8. The molecule has 148 valence electrons. The van der Waals surface area contributed by atoms with E-state index in [1.807, 2.05) is 19.1 Å². The number of hydrogen-bond acceptors (Lipinski definition) is 4. The molecular weight excluding hydrogens is 398 g/mol. The summed E-state index contributed by atoms with van der Waals surface area (Å²) in [6, 6.07) is 13.4. The first-order chi connectivity index (χ1) is 13.3. The van der Waals surface area contributed by atoms with E-state index in [0.29, 0.717) is 17.0 Å². The number of hydrogen-bond donors (Lipinski definition) is 0. The van der Waals surface area contributed by atoms with Gasteiger partial charge in [0.05, 0.1) is 17.5 Å². The Morgan fingerprint density at radius 2 is 1.79 bits per heavy atom. The Kier molecular flexibility index (Phi) is 6.23. The van der Waals surface area contributed by atoms with E-state index >= 15 is 0 Å². The minimum Gasteiger partial charge on any atom is -0.463 e. The molecule has 3 rings (SSSR count). The van der Waals surface area contributed by atoms with Crippen LogP contribution in [0.1, 0.15) is 30.5 Å². The van der Waals surface area contributed by atoms with Crippen LogP contribution < -0.4 is 0 Å². The maximum absolute atomic E-state index is 13.4. The van der Waals surface area contributed by atoms with Gasteiger partial charge >= 0.3 is 5.97 Å². The average molecular weight is 420 g/mol. The van der Waals surface area contributed by atoms with Crippen molar-refractivity contribution in [1.29, 1.82) is 0 Å². The van der Waals surface area contributed by atoms with Crippen molar-refractivity contribution in [2.75, 3.05) is 13.2 Å². The molecule has 0 bridgehead atoms.